The average Bonchev–Trinajstić information content (AvgIpc) is 2.56. The number of hydrogen-bond donors (Lipinski definition) is 1. The summed E-state index contributed by atoms with van der Waals surface area (Å²) >= 11 is 12.4. The SMILES string of the molecule is COP(=O)(OC)C(NC1CCCCC1)c1cccc(Cl)c1Cl. The van der Waals surface area contributed by atoms with Crippen molar-refractivity contribution >= 4 is 30.8 Å². The molecule has 0 heterocycles. The van der Waals surface area contributed by atoms with E-state index in [1.165, 1.54) is 20.6 Å². The Morgan fingerprint density at radius 3 is 2.41 bits per heavy atom. The zero-order valence-electron chi connectivity index (χ0n) is 12.9. The molecule has 1 aliphatic rings. The third kappa shape index (κ3) is 4.05. The molecule has 1 unspecified atom stereocenters. The van der Waals surface area contributed by atoms with Crippen LogP contribution >= 0.6 is 30.8 Å². The van der Waals surface area contributed by atoms with Crippen LogP contribution in [-0.4, -0.2) is 20.3 Å². The van der Waals surface area contributed by atoms with Crippen LogP contribution in [0.5, 0.6) is 0 Å². The Morgan fingerprint density at radius 2 is 1.82 bits per heavy atom. The number of nitrogens with one attached hydrogen (secondary N) is 1. The summed E-state index contributed by atoms with van der Waals surface area (Å²) < 4.78 is 23.4. The highest BCUT2D eigenvalue weighted by molar-refractivity contribution is 7.54. The molecule has 0 aromatic heterocycles. The lowest BCUT2D eigenvalue weighted by Crippen LogP contribution is -2.35. The largest absolute Gasteiger partial charge is 0.351 e. The molecule has 22 heavy (non-hydrogen) atoms. The van der Waals surface area contributed by atoms with Crippen molar-refractivity contribution < 1.29 is 13.6 Å². The molecular weight excluding hydrogens is 344 g/mol. The van der Waals surface area contributed by atoms with Gasteiger partial charge in [-0.05, 0) is 18.9 Å². The molecule has 7 heteroatoms. The van der Waals surface area contributed by atoms with Crippen molar-refractivity contribution in [2.45, 2.75) is 43.9 Å². The summed E-state index contributed by atoms with van der Waals surface area (Å²) in [5.74, 6) is -0.628. The summed E-state index contributed by atoms with van der Waals surface area (Å²) in [6.45, 7) is 0. The van der Waals surface area contributed by atoms with Gasteiger partial charge in [-0.15, -0.1) is 0 Å². The van der Waals surface area contributed by atoms with Crippen LogP contribution in [0.1, 0.15) is 43.5 Å². The van der Waals surface area contributed by atoms with Crippen LogP contribution in [0.4, 0.5) is 0 Å². The van der Waals surface area contributed by atoms with Gasteiger partial charge >= 0.3 is 7.60 Å². The van der Waals surface area contributed by atoms with Gasteiger partial charge in [-0.25, -0.2) is 0 Å². The van der Waals surface area contributed by atoms with Crippen LogP contribution in [-0.2, 0) is 13.6 Å². The van der Waals surface area contributed by atoms with Gasteiger partial charge in [0.25, 0.3) is 0 Å². The normalized spacial score (nSPS) is 18.4. The Morgan fingerprint density at radius 1 is 1.18 bits per heavy atom. The van der Waals surface area contributed by atoms with E-state index in [0.717, 1.165) is 25.7 Å². The van der Waals surface area contributed by atoms with Crippen LogP contribution in [0.2, 0.25) is 10.0 Å². The van der Waals surface area contributed by atoms with E-state index in [9.17, 15) is 4.57 Å². The van der Waals surface area contributed by atoms with Gasteiger partial charge in [-0.2, -0.15) is 0 Å². The van der Waals surface area contributed by atoms with E-state index in [1.807, 2.05) is 0 Å². The van der Waals surface area contributed by atoms with E-state index in [1.54, 1.807) is 18.2 Å². The van der Waals surface area contributed by atoms with Crippen molar-refractivity contribution in [3.63, 3.8) is 0 Å². The second-order valence-corrected chi connectivity index (χ2v) is 8.56. The second kappa shape index (κ2) is 8.14. The van der Waals surface area contributed by atoms with Crippen molar-refractivity contribution in [1.82, 2.24) is 5.32 Å². The van der Waals surface area contributed by atoms with Crippen LogP contribution < -0.4 is 5.32 Å². The zero-order chi connectivity index (χ0) is 16.2. The van der Waals surface area contributed by atoms with Gasteiger partial charge in [0.05, 0.1) is 10.0 Å². The molecular formula is C15H22Cl2NO3P. The predicted octanol–water partition coefficient (Wildman–Crippen LogP) is 5.40. The molecule has 2 rings (SSSR count). The molecule has 0 radical (unpaired) electrons. The van der Waals surface area contributed by atoms with Crippen molar-refractivity contribution in [3.8, 4) is 0 Å². The number of rotatable bonds is 6. The van der Waals surface area contributed by atoms with Gasteiger partial charge in [-0.1, -0.05) is 54.6 Å². The first kappa shape index (κ1) is 18.3. The lowest BCUT2D eigenvalue weighted by molar-refractivity contribution is 0.249. The van der Waals surface area contributed by atoms with Gasteiger partial charge in [0, 0.05) is 25.8 Å². The molecule has 1 aromatic rings. The minimum atomic E-state index is -3.38. The Bertz CT molecular complexity index is 542. The third-order valence-electron chi connectivity index (χ3n) is 4.10. The van der Waals surface area contributed by atoms with Crippen molar-refractivity contribution in [1.29, 1.82) is 0 Å². The summed E-state index contributed by atoms with van der Waals surface area (Å²) in [7, 11) is -0.606. The van der Waals surface area contributed by atoms with Gasteiger partial charge in [-0.3, -0.25) is 9.88 Å². The fourth-order valence-electron chi connectivity index (χ4n) is 2.86. The number of halogens is 2. The van der Waals surface area contributed by atoms with Gasteiger partial charge in [0.2, 0.25) is 0 Å². The molecule has 0 bridgehead atoms. The quantitative estimate of drug-likeness (QED) is 0.685. The maximum absolute atomic E-state index is 13.0. The molecule has 1 saturated carbocycles. The fraction of sp³-hybridized carbons (Fsp3) is 0.600. The summed E-state index contributed by atoms with van der Waals surface area (Å²) in [5.41, 5.74) is 0.645. The molecule has 124 valence electrons. The van der Waals surface area contributed by atoms with Crippen LogP contribution in [0.3, 0.4) is 0 Å². The van der Waals surface area contributed by atoms with E-state index < -0.39 is 13.4 Å². The van der Waals surface area contributed by atoms with E-state index >= 15 is 0 Å². The van der Waals surface area contributed by atoms with E-state index in [2.05, 4.69) is 5.32 Å². The van der Waals surface area contributed by atoms with E-state index in [-0.39, 0.29) is 6.04 Å². The first-order valence-corrected chi connectivity index (χ1v) is 9.79. The van der Waals surface area contributed by atoms with Crippen LogP contribution in [0, 0.1) is 0 Å². The maximum atomic E-state index is 13.0. The highest BCUT2D eigenvalue weighted by atomic mass is 35.5. The molecule has 0 amide bonds. The van der Waals surface area contributed by atoms with E-state index in [0.29, 0.717) is 15.6 Å². The number of benzene rings is 1. The minimum absolute atomic E-state index is 0.271. The summed E-state index contributed by atoms with van der Waals surface area (Å²) in [5, 5.41) is 4.23. The molecule has 1 N–H and O–H groups in total. The van der Waals surface area contributed by atoms with Crippen LogP contribution in [0.15, 0.2) is 18.2 Å². The minimum Gasteiger partial charge on any atom is -0.311 e. The Hall–Kier alpha value is -0.0900. The topological polar surface area (TPSA) is 47.6 Å². The smallest absolute Gasteiger partial charge is 0.311 e. The number of hydrogen-bond acceptors (Lipinski definition) is 4. The molecule has 1 aliphatic carbocycles. The highest BCUT2D eigenvalue weighted by Gasteiger charge is 2.38. The third-order valence-corrected chi connectivity index (χ3v) is 7.01. The zero-order valence-corrected chi connectivity index (χ0v) is 15.3. The molecule has 1 aromatic carbocycles. The summed E-state index contributed by atoms with van der Waals surface area (Å²) in [6, 6.07) is 5.57. The molecule has 0 spiro atoms. The molecule has 0 saturated heterocycles. The molecule has 4 nitrogen and oxygen atoms in total. The second-order valence-electron chi connectivity index (χ2n) is 5.45. The molecule has 1 atom stereocenters. The van der Waals surface area contributed by atoms with E-state index in [4.69, 9.17) is 32.2 Å². The average molecular weight is 366 g/mol. The van der Waals surface area contributed by atoms with Gasteiger partial charge < -0.3 is 9.05 Å². The summed E-state index contributed by atoms with van der Waals surface area (Å²) in [4.78, 5) is 0. The highest BCUT2D eigenvalue weighted by Crippen LogP contribution is 2.60. The van der Waals surface area contributed by atoms with Crippen molar-refractivity contribution in [3.05, 3.63) is 33.8 Å². The summed E-state index contributed by atoms with van der Waals surface area (Å²) in [6.07, 6.45) is 5.66. The first-order chi connectivity index (χ1) is 10.5. The Balaban J connectivity index is 2.36. The lowest BCUT2D eigenvalue weighted by atomic mass is 9.95. The van der Waals surface area contributed by atoms with Gasteiger partial charge in [0.1, 0.15) is 5.78 Å². The standard InChI is InChI=1S/C15H22Cl2NO3P/c1-20-22(19,21-2)15(18-11-7-4-3-5-8-11)12-9-6-10-13(16)14(12)17/h6,9-11,15,18H,3-5,7-8H2,1-2H3. The first-order valence-electron chi connectivity index (χ1n) is 7.43. The molecule has 1 fully saturated rings. The predicted molar refractivity (Wildman–Crippen MR) is 90.8 cm³/mol. The Kier molecular flexibility index (Phi) is 6.75. The lowest BCUT2D eigenvalue weighted by Gasteiger charge is -2.32. The molecule has 0 aliphatic heterocycles. The fourth-order valence-corrected chi connectivity index (χ4v) is 4.87. The van der Waals surface area contributed by atoms with Gasteiger partial charge in [0.15, 0.2) is 0 Å². The Labute approximate surface area is 142 Å². The van der Waals surface area contributed by atoms with Crippen molar-refractivity contribution in [2.75, 3.05) is 14.2 Å². The monoisotopic (exact) mass is 365 g/mol. The van der Waals surface area contributed by atoms with Crippen LogP contribution in [0.25, 0.3) is 0 Å². The maximum Gasteiger partial charge on any atom is 0.351 e. The van der Waals surface area contributed by atoms with Crippen molar-refractivity contribution in [2.24, 2.45) is 0 Å².